The van der Waals surface area contributed by atoms with Gasteiger partial charge in [0.25, 0.3) is 11.5 Å². The van der Waals surface area contributed by atoms with Crippen LogP contribution in [-0.2, 0) is 6.42 Å². The number of halogens is 1. The highest BCUT2D eigenvalue weighted by atomic mass is 35.5. The van der Waals surface area contributed by atoms with Gasteiger partial charge < -0.3 is 10.3 Å². The molecule has 7 heteroatoms. The van der Waals surface area contributed by atoms with Crippen LogP contribution in [0, 0.1) is 4.77 Å². The molecule has 30 heavy (non-hydrogen) atoms. The lowest BCUT2D eigenvalue weighted by Crippen LogP contribution is -2.26. The molecule has 4 rings (SSSR count). The van der Waals surface area contributed by atoms with Gasteiger partial charge in [0.1, 0.15) is 0 Å². The number of para-hydroxylation sites is 1. The number of nitrogens with zero attached hydrogens (tertiary/aromatic N) is 1. The molecule has 0 aliphatic carbocycles. The molecule has 0 radical (unpaired) electrons. The van der Waals surface area contributed by atoms with Gasteiger partial charge in [0.15, 0.2) is 4.77 Å². The molecule has 0 saturated carbocycles. The zero-order chi connectivity index (χ0) is 21.1. The number of hydrogen-bond donors (Lipinski definition) is 2. The van der Waals surface area contributed by atoms with Crippen molar-refractivity contribution in [1.82, 2.24) is 14.9 Å². The summed E-state index contributed by atoms with van der Waals surface area (Å²) in [6, 6.07) is 21.7. The lowest BCUT2D eigenvalue weighted by atomic mass is 10.1. The number of aromatic amines is 1. The van der Waals surface area contributed by atoms with Crippen LogP contribution in [0.25, 0.3) is 16.6 Å². The fraction of sp³-hybridized carbons (Fsp3) is 0.0870. The number of fused-ring (bicyclic) bond motifs is 1. The van der Waals surface area contributed by atoms with Crippen LogP contribution < -0.4 is 10.9 Å². The maximum absolute atomic E-state index is 13.0. The highest BCUT2D eigenvalue weighted by Gasteiger charge is 2.11. The number of hydrogen-bond acceptors (Lipinski definition) is 3. The Kier molecular flexibility index (Phi) is 5.79. The molecule has 2 N–H and O–H groups in total. The number of amides is 1. The number of benzene rings is 3. The largest absolute Gasteiger partial charge is 0.352 e. The van der Waals surface area contributed by atoms with Crippen molar-refractivity contribution in [2.75, 3.05) is 6.54 Å². The minimum Gasteiger partial charge on any atom is -0.352 e. The summed E-state index contributed by atoms with van der Waals surface area (Å²) in [4.78, 5) is 28.6. The average molecular weight is 436 g/mol. The first-order chi connectivity index (χ1) is 14.5. The van der Waals surface area contributed by atoms with E-state index in [9.17, 15) is 9.59 Å². The molecule has 1 amide bonds. The Labute approximate surface area is 183 Å². The normalized spacial score (nSPS) is 10.8. The van der Waals surface area contributed by atoms with Crippen molar-refractivity contribution in [3.63, 3.8) is 0 Å². The first kappa shape index (κ1) is 20.1. The molecule has 0 spiro atoms. The van der Waals surface area contributed by atoms with Gasteiger partial charge in [-0.25, -0.2) is 0 Å². The number of rotatable bonds is 5. The van der Waals surface area contributed by atoms with Gasteiger partial charge in [0.2, 0.25) is 0 Å². The quantitative estimate of drug-likeness (QED) is 0.447. The van der Waals surface area contributed by atoms with Crippen molar-refractivity contribution < 1.29 is 4.79 Å². The highest BCUT2D eigenvalue weighted by Crippen LogP contribution is 2.14. The number of aromatic nitrogens is 2. The summed E-state index contributed by atoms with van der Waals surface area (Å²) in [5.41, 5.74) is 2.49. The zero-order valence-electron chi connectivity index (χ0n) is 15.9. The summed E-state index contributed by atoms with van der Waals surface area (Å²) >= 11 is 11.4. The fourth-order valence-corrected chi connectivity index (χ4v) is 3.80. The van der Waals surface area contributed by atoms with Gasteiger partial charge in [-0.2, -0.15) is 0 Å². The standard InChI is InChI=1S/C23H18ClN3O2S/c24-17-6-4-5-15(13-17)11-12-25-21(28)16-9-10-19-20(14-16)26-23(30)27(22(19)29)18-7-2-1-3-8-18/h1-10,13-14H,11-12H2,(H,25,28)(H,26,30). The molecule has 0 bridgehead atoms. The molecule has 0 unspecified atom stereocenters. The van der Waals surface area contributed by atoms with E-state index in [-0.39, 0.29) is 16.2 Å². The van der Waals surface area contributed by atoms with Crippen molar-refractivity contribution in [2.45, 2.75) is 6.42 Å². The zero-order valence-corrected chi connectivity index (χ0v) is 17.5. The Bertz CT molecular complexity index is 1350. The minimum absolute atomic E-state index is 0.217. The van der Waals surface area contributed by atoms with Gasteiger partial charge in [-0.3, -0.25) is 14.2 Å². The van der Waals surface area contributed by atoms with Crippen LogP contribution >= 0.6 is 23.8 Å². The summed E-state index contributed by atoms with van der Waals surface area (Å²) in [7, 11) is 0. The summed E-state index contributed by atoms with van der Waals surface area (Å²) < 4.78 is 1.72. The molecule has 3 aromatic carbocycles. The number of nitrogens with one attached hydrogen (secondary N) is 2. The first-order valence-electron chi connectivity index (χ1n) is 9.40. The smallest absolute Gasteiger partial charge is 0.266 e. The van der Waals surface area contributed by atoms with E-state index in [1.165, 1.54) is 4.57 Å². The third kappa shape index (κ3) is 4.20. The Morgan fingerprint density at radius 3 is 2.60 bits per heavy atom. The molecule has 0 fully saturated rings. The molecule has 0 atom stereocenters. The van der Waals surface area contributed by atoms with Gasteiger partial charge >= 0.3 is 0 Å². The van der Waals surface area contributed by atoms with E-state index in [0.717, 1.165) is 5.56 Å². The second kappa shape index (κ2) is 8.65. The van der Waals surface area contributed by atoms with Crippen LogP contribution in [0.2, 0.25) is 5.02 Å². The maximum Gasteiger partial charge on any atom is 0.266 e. The summed E-state index contributed by atoms with van der Waals surface area (Å²) in [5.74, 6) is -0.217. The number of carbonyl (C=O) groups excluding carboxylic acids is 1. The van der Waals surface area contributed by atoms with Crippen LogP contribution in [-0.4, -0.2) is 22.0 Å². The van der Waals surface area contributed by atoms with Crippen molar-refractivity contribution >= 4 is 40.6 Å². The minimum atomic E-state index is -0.229. The van der Waals surface area contributed by atoms with Crippen molar-refractivity contribution in [3.8, 4) is 5.69 Å². The van der Waals surface area contributed by atoms with E-state index >= 15 is 0 Å². The van der Waals surface area contributed by atoms with E-state index in [4.69, 9.17) is 23.8 Å². The Hall–Kier alpha value is -3.22. The van der Waals surface area contributed by atoms with E-state index in [1.807, 2.05) is 54.6 Å². The lowest BCUT2D eigenvalue weighted by molar-refractivity contribution is 0.0954. The van der Waals surface area contributed by atoms with E-state index in [0.29, 0.717) is 40.1 Å². The van der Waals surface area contributed by atoms with Gasteiger partial charge in [-0.15, -0.1) is 0 Å². The van der Waals surface area contributed by atoms with Crippen LogP contribution in [0.1, 0.15) is 15.9 Å². The van der Waals surface area contributed by atoms with Crippen LogP contribution in [0.3, 0.4) is 0 Å². The van der Waals surface area contributed by atoms with E-state index < -0.39 is 0 Å². The summed E-state index contributed by atoms with van der Waals surface area (Å²) in [5, 5.41) is 4.02. The molecule has 0 saturated heterocycles. The third-order valence-corrected chi connectivity index (χ3v) is 5.28. The second-order valence-corrected chi connectivity index (χ2v) is 7.63. The molecule has 0 aliphatic heterocycles. The number of carbonyl (C=O) groups is 1. The van der Waals surface area contributed by atoms with Gasteiger partial charge in [0.05, 0.1) is 16.6 Å². The SMILES string of the molecule is O=C(NCCc1cccc(Cl)c1)c1ccc2c(=O)n(-c3ccccc3)c(=S)[nH]c2c1. The van der Waals surface area contributed by atoms with Crippen molar-refractivity contribution in [3.05, 3.63) is 104 Å². The van der Waals surface area contributed by atoms with Gasteiger partial charge in [-0.05, 0) is 66.7 Å². The molecule has 1 aromatic heterocycles. The lowest BCUT2D eigenvalue weighted by Gasteiger charge is -2.10. The molecule has 5 nitrogen and oxygen atoms in total. The first-order valence-corrected chi connectivity index (χ1v) is 10.2. The topological polar surface area (TPSA) is 66.9 Å². The van der Waals surface area contributed by atoms with Crippen molar-refractivity contribution in [1.29, 1.82) is 0 Å². The molecule has 4 aromatic rings. The van der Waals surface area contributed by atoms with E-state index in [2.05, 4.69) is 10.3 Å². The Morgan fingerprint density at radius 1 is 1.03 bits per heavy atom. The third-order valence-electron chi connectivity index (χ3n) is 4.76. The number of H-pyrrole nitrogens is 1. The van der Waals surface area contributed by atoms with Crippen LogP contribution in [0.15, 0.2) is 77.6 Å². The summed E-state index contributed by atoms with van der Waals surface area (Å²) in [6.07, 6.45) is 0.671. The van der Waals surface area contributed by atoms with Gasteiger partial charge in [0, 0.05) is 17.1 Å². The molecule has 0 aliphatic rings. The van der Waals surface area contributed by atoms with Gasteiger partial charge in [-0.1, -0.05) is 41.9 Å². The monoisotopic (exact) mass is 435 g/mol. The molecule has 150 valence electrons. The van der Waals surface area contributed by atoms with E-state index in [1.54, 1.807) is 18.2 Å². The second-order valence-electron chi connectivity index (χ2n) is 6.80. The fourth-order valence-electron chi connectivity index (χ4n) is 3.29. The average Bonchev–Trinajstić information content (AvgIpc) is 2.74. The predicted octanol–water partition coefficient (Wildman–Crippen LogP) is 4.67. The molecule has 1 heterocycles. The van der Waals surface area contributed by atoms with Crippen LogP contribution in [0.4, 0.5) is 0 Å². The Balaban J connectivity index is 1.57. The molecular weight excluding hydrogens is 418 g/mol. The van der Waals surface area contributed by atoms with Crippen molar-refractivity contribution in [2.24, 2.45) is 0 Å². The molecular formula is C23H18ClN3O2S. The predicted molar refractivity (Wildman–Crippen MR) is 122 cm³/mol. The maximum atomic E-state index is 13.0. The highest BCUT2D eigenvalue weighted by molar-refractivity contribution is 7.71. The van der Waals surface area contributed by atoms with Crippen LogP contribution in [0.5, 0.6) is 0 Å². The summed E-state index contributed by atoms with van der Waals surface area (Å²) in [6.45, 7) is 0.475. The Morgan fingerprint density at radius 2 is 1.83 bits per heavy atom.